The zero-order chi connectivity index (χ0) is 11.6. The first-order chi connectivity index (χ1) is 7.59. The van der Waals surface area contributed by atoms with E-state index in [1.807, 2.05) is 12.1 Å². The zero-order valence-electron chi connectivity index (χ0n) is 8.93. The van der Waals surface area contributed by atoms with E-state index in [1.165, 1.54) is 0 Å². The molecule has 1 heterocycles. The summed E-state index contributed by atoms with van der Waals surface area (Å²) in [5, 5.41) is 0. The maximum absolute atomic E-state index is 11.3. The average Bonchev–Trinajstić information content (AvgIpc) is 2.59. The third-order valence-electron chi connectivity index (χ3n) is 2.97. The fraction of sp³-hybridized carbons (Fsp3) is 0.417. The predicted octanol–water partition coefficient (Wildman–Crippen LogP) is 1.48. The van der Waals surface area contributed by atoms with Gasteiger partial charge in [0.2, 0.25) is 0 Å². The van der Waals surface area contributed by atoms with Gasteiger partial charge in [0.15, 0.2) is 9.84 Å². The molecular formula is C12H14O3S. The SMILES string of the molecule is O=Cc1ccc(CC2CCS(=O)(=O)C2)cc1. The molecule has 1 saturated heterocycles. The molecule has 0 spiro atoms. The number of carbonyl (C=O) groups excluding carboxylic acids is 1. The van der Waals surface area contributed by atoms with Gasteiger partial charge in [-0.1, -0.05) is 24.3 Å². The zero-order valence-corrected chi connectivity index (χ0v) is 9.74. The largest absolute Gasteiger partial charge is 0.298 e. The van der Waals surface area contributed by atoms with Crippen LogP contribution in [0.15, 0.2) is 24.3 Å². The maximum atomic E-state index is 11.3. The van der Waals surface area contributed by atoms with Crippen LogP contribution in [0.2, 0.25) is 0 Å². The molecule has 0 radical (unpaired) electrons. The highest BCUT2D eigenvalue weighted by Gasteiger charge is 2.27. The third-order valence-corrected chi connectivity index (χ3v) is 4.80. The van der Waals surface area contributed by atoms with E-state index in [9.17, 15) is 13.2 Å². The Hall–Kier alpha value is -1.16. The number of carbonyl (C=O) groups is 1. The van der Waals surface area contributed by atoms with Gasteiger partial charge in [0.1, 0.15) is 6.29 Å². The van der Waals surface area contributed by atoms with Gasteiger partial charge in [0, 0.05) is 5.56 Å². The summed E-state index contributed by atoms with van der Waals surface area (Å²) in [5.74, 6) is 0.874. The van der Waals surface area contributed by atoms with Crippen LogP contribution in [0, 0.1) is 5.92 Å². The summed E-state index contributed by atoms with van der Waals surface area (Å²) in [4.78, 5) is 10.5. The van der Waals surface area contributed by atoms with Crippen LogP contribution in [0.3, 0.4) is 0 Å². The molecular weight excluding hydrogens is 224 g/mol. The normalized spacial score (nSPS) is 23.1. The van der Waals surface area contributed by atoms with Crippen LogP contribution in [-0.4, -0.2) is 26.2 Å². The standard InChI is InChI=1S/C12H14O3S/c13-8-11-3-1-10(2-4-11)7-12-5-6-16(14,15)9-12/h1-4,8,12H,5-7,9H2. The van der Waals surface area contributed by atoms with Crippen molar-refractivity contribution in [3.05, 3.63) is 35.4 Å². The Morgan fingerprint density at radius 1 is 1.25 bits per heavy atom. The van der Waals surface area contributed by atoms with Gasteiger partial charge < -0.3 is 0 Å². The van der Waals surface area contributed by atoms with Crippen LogP contribution in [0.4, 0.5) is 0 Å². The van der Waals surface area contributed by atoms with E-state index in [4.69, 9.17) is 0 Å². The van der Waals surface area contributed by atoms with Gasteiger partial charge in [-0.3, -0.25) is 4.79 Å². The summed E-state index contributed by atoms with van der Waals surface area (Å²) in [7, 11) is -2.78. The van der Waals surface area contributed by atoms with Crippen molar-refractivity contribution in [3.8, 4) is 0 Å². The summed E-state index contributed by atoms with van der Waals surface area (Å²) in [6.45, 7) is 0. The molecule has 0 aliphatic carbocycles. The van der Waals surface area contributed by atoms with E-state index in [-0.39, 0.29) is 5.92 Å². The highest BCUT2D eigenvalue weighted by Crippen LogP contribution is 2.22. The van der Waals surface area contributed by atoms with E-state index in [0.717, 1.165) is 24.7 Å². The molecule has 1 aromatic rings. The smallest absolute Gasteiger partial charge is 0.150 e. The van der Waals surface area contributed by atoms with Crippen molar-refractivity contribution in [2.45, 2.75) is 12.8 Å². The van der Waals surface area contributed by atoms with Gasteiger partial charge in [0.25, 0.3) is 0 Å². The van der Waals surface area contributed by atoms with E-state index >= 15 is 0 Å². The molecule has 1 aliphatic rings. The Balaban J connectivity index is 2.02. The molecule has 1 aliphatic heterocycles. The van der Waals surface area contributed by atoms with Crippen molar-refractivity contribution in [2.75, 3.05) is 11.5 Å². The molecule has 0 saturated carbocycles. The molecule has 4 heteroatoms. The number of sulfone groups is 1. The molecule has 1 fully saturated rings. The van der Waals surface area contributed by atoms with Gasteiger partial charge in [-0.2, -0.15) is 0 Å². The minimum Gasteiger partial charge on any atom is -0.298 e. The van der Waals surface area contributed by atoms with Crippen molar-refractivity contribution in [1.29, 1.82) is 0 Å². The van der Waals surface area contributed by atoms with Gasteiger partial charge in [-0.15, -0.1) is 0 Å². The number of hydrogen-bond donors (Lipinski definition) is 0. The van der Waals surface area contributed by atoms with Crippen LogP contribution in [0.5, 0.6) is 0 Å². The fourth-order valence-electron chi connectivity index (χ4n) is 2.10. The predicted molar refractivity (Wildman–Crippen MR) is 62.3 cm³/mol. The molecule has 0 N–H and O–H groups in total. The summed E-state index contributed by atoms with van der Waals surface area (Å²) >= 11 is 0. The highest BCUT2D eigenvalue weighted by atomic mass is 32.2. The quantitative estimate of drug-likeness (QED) is 0.749. The second-order valence-corrected chi connectivity index (χ2v) is 6.56. The number of hydrogen-bond acceptors (Lipinski definition) is 3. The monoisotopic (exact) mass is 238 g/mol. The number of benzene rings is 1. The molecule has 0 bridgehead atoms. The second kappa shape index (κ2) is 4.37. The van der Waals surface area contributed by atoms with Crippen LogP contribution in [-0.2, 0) is 16.3 Å². The average molecular weight is 238 g/mol. The summed E-state index contributed by atoms with van der Waals surface area (Å²) in [5.41, 5.74) is 1.76. The van der Waals surface area contributed by atoms with Crippen molar-refractivity contribution in [3.63, 3.8) is 0 Å². The van der Waals surface area contributed by atoms with Crippen molar-refractivity contribution >= 4 is 16.1 Å². The lowest BCUT2D eigenvalue weighted by molar-refractivity contribution is 0.112. The van der Waals surface area contributed by atoms with Gasteiger partial charge in [0.05, 0.1) is 11.5 Å². The summed E-state index contributed by atoms with van der Waals surface area (Å²) in [6.07, 6.45) is 2.36. The lowest BCUT2D eigenvalue weighted by Crippen LogP contribution is -2.07. The molecule has 3 nitrogen and oxygen atoms in total. The Labute approximate surface area is 95.4 Å². The van der Waals surface area contributed by atoms with Gasteiger partial charge in [-0.05, 0) is 24.3 Å². The molecule has 1 aromatic carbocycles. The Morgan fingerprint density at radius 2 is 1.94 bits per heavy atom. The Morgan fingerprint density at radius 3 is 2.44 bits per heavy atom. The number of aldehydes is 1. The van der Waals surface area contributed by atoms with Crippen LogP contribution in [0.1, 0.15) is 22.3 Å². The van der Waals surface area contributed by atoms with Gasteiger partial charge in [-0.25, -0.2) is 8.42 Å². The Bertz CT molecular complexity index is 473. The van der Waals surface area contributed by atoms with E-state index in [2.05, 4.69) is 0 Å². The minimum absolute atomic E-state index is 0.243. The maximum Gasteiger partial charge on any atom is 0.150 e. The van der Waals surface area contributed by atoms with Crippen LogP contribution >= 0.6 is 0 Å². The molecule has 16 heavy (non-hydrogen) atoms. The second-order valence-electron chi connectivity index (χ2n) is 4.33. The molecule has 2 rings (SSSR count). The van der Waals surface area contributed by atoms with E-state index in [0.29, 0.717) is 17.1 Å². The minimum atomic E-state index is -2.78. The van der Waals surface area contributed by atoms with Gasteiger partial charge >= 0.3 is 0 Å². The lowest BCUT2D eigenvalue weighted by Gasteiger charge is -2.07. The first kappa shape index (κ1) is 11.3. The van der Waals surface area contributed by atoms with E-state index < -0.39 is 9.84 Å². The van der Waals surface area contributed by atoms with Crippen molar-refractivity contribution in [2.24, 2.45) is 5.92 Å². The fourth-order valence-corrected chi connectivity index (χ4v) is 3.96. The lowest BCUT2D eigenvalue weighted by atomic mass is 9.98. The third kappa shape index (κ3) is 2.70. The summed E-state index contributed by atoms with van der Waals surface area (Å²) < 4.78 is 22.6. The van der Waals surface area contributed by atoms with E-state index in [1.54, 1.807) is 12.1 Å². The summed E-state index contributed by atoms with van der Waals surface area (Å²) in [6, 6.07) is 7.33. The molecule has 0 aromatic heterocycles. The molecule has 0 amide bonds. The molecule has 86 valence electrons. The van der Waals surface area contributed by atoms with Crippen LogP contribution in [0.25, 0.3) is 0 Å². The Kier molecular flexibility index (Phi) is 3.10. The highest BCUT2D eigenvalue weighted by molar-refractivity contribution is 7.91. The number of rotatable bonds is 3. The molecule has 1 atom stereocenters. The topological polar surface area (TPSA) is 51.2 Å². The van der Waals surface area contributed by atoms with Crippen LogP contribution < -0.4 is 0 Å². The first-order valence-corrected chi connectivity index (χ1v) is 7.16. The van der Waals surface area contributed by atoms with Crippen molar-refractivity contribution < 1.29 is 13.2 Å². The van der Waals surface area contributed by atoms with Crippen molar-refractivity contribution in [1.82, 2.24) is 0 Å². The molecule has 1 unspecified atom stereocenters. The first-order valence-electron chi connectivity index (χ1n) is 5.33.